The number of ether oxygens (including phenoxy) is 1. The van der Waals surface area contributed by atoms with Crippen molar-refractivity contribution in [3.8, 4) is 0 Å². The van der Waals surface area contributed by atoms with Gasteiger partial charge in [-0.05, 0) is 89.9 Å². The summed E-state index contributed by atoms with van der Waals surface area (Å²) in [5.74, 6) is -0.0610. The highest BCUT2D eigenvalue weighted by molar-refractivity contribution is 5.76. The molecule has 0 fully saturated rings. The number of amides is 1. The van der Waals surface area contributed by atoms with Crippen LogP contribution in [0.25, 0.3) is 0 Å². The average Bonchev–Trinajstić information content (AvgIpc) is 3.46. The minimum atomic E-state index is -0.841. The number of carbonyl (C=O) groups excluding carboxylic acids is 2. The fraction of sp³-hybridized carbons (Fsp3) is 0.838. The van der Waals surface area contributed by atoms with Gasteiger partial charge >= 0.3 is 5.97 Å². The van der Waals surface area contributed by atoms with E-state index in [0.29, 0.717) is 19.4 Å². The Morgan fingerprint density at radius 2 is 0.650 bits per heavy atom. The number of aliphatic hydroxyl groups excluding tert-OH is 2. The second-order valence-corrected chi connectivity index (χ2v) is 24.2. The molecule has 0 rings (SSSR count). The standard InChI is InChI=1S/C74H137NO5/c1-3-5-7-9-11-13-15-43-48-52-56-60-64-68-74(79)80-69-65-61-57-53-49-45-42-40-38-36-34-32-30-28-26-24-22-20-18-16-17-19-21-23-25-27-29-31-33-35-37-39-41-44-47-51-55-59-63-67-73(78)75-71(70-76)72(77)66-62-58-54-50-46-14-12-10-8-6-4-2/h7,9,13,15-17,20,22,62,66,71-72,76-77H,3-6,8,10-12,14,18-19,21,23-61,63-65,67-70H2,1-2H3,(H,75,78)/b9-7-,15-13-,17-16-,22-20-,66-62+. The lowest BCUT2D eigenvalue weighted by Gasteiger charge is -2.20. The number of hydrogen-bond acceptors (Lipinski definition) is 5. The Morgan fingerprint density at radius 3 is 1.00 bits per heavy atom. The molecular formula is C74H137NO5. The summed E-state index contributed by atoms with van der Waals surface area (Å²) < 4.78 is 5.48. The van der Waals surface area contributed by atoms with Crippen molar-refractivity contribution in [2.75, 3.05) is 13.2 Å². The first-order valence-corrected chi connectivity index (χ1v) is 35.6. The average molecular weight is 1120 g/mol. The van der Waals surface area contributed by atoms with E-state index in [4.69, 9.17) is 4.74 Å². The Morgan fingerprint density at radius 1 is 0.350 bits per heavy atom. The number of unbranched alkanes of at least 4 members (excludes halogenated alkanes) is 47. The molecule has 6 heteroatoms. The van der Waals surface area contributed by atoms with Gasteiger partial charge in [-0.15, -0.1) is 0 Å². The lowest BCUT2D eigenvalue weighted by Crippen LogP contribution is -2.45. The fourth-order valence-electron chi connectivity index (χ4n) is 10.8. The van der Waals surface area contributed by atoms with E-state index in [1.54, 1.807) is 6.08 Å². The molecule has 0 aromatic heterocycles. The van der Waals surface area contributed by atoms with Crippen molar-refractivity contribution in [3.05, 3.63) is 60.8 Å². The second-order valence-electron chi connectivity index (χ2n) is 24.2. The predicted molar refractivity (Wildman–Crippen MR) is 352 cm³/mol. The Bertz CT molecular complexity index is 1380. The SMILES string of the molecule is CCC/C=C\C/C=C\CCCCCCCC(=O)OCCCCCCCCCCCCCCCCC/C=C\C/C=C\CCCCCCCCCCCCCCCCCCCC(=O)NC(CO)C(O)/C=C/CCCCCCCCCCC. The first-order chi connectivity index (χ1) is 39.5. The van der Waals surface area contributed by atoms with Gasteiger partial charge < -0.3 is 20.3 Å². The summed E-state index contributed by atoms with van der Waals surface area (Å²) in [7, 11) is 0. The van der Waals surface area contributed by atoms with Crippen LogP contribution in [0.15, 0.2) is 60.8 Å². The van der Waals surface area contributed by atoms with E-state index in [1.807, 2.05) is 6.08 Å². The minimum absolute atomic E-state index is 0.00440. The minimum Gasteiger partial charge on any atom is -0.466 e. The van der Waals surface area contributed by atoms with Crippen LogP contribution in [-0.2, 0) is 14.3 Å². The molecule has 1 amide bonds. The third kappa shape index (κ3) is 64.7. The summed E-state index contributed by atoms with van der Waals surface area (Å²) in [6.07, 6.45) is 91.8. The molecule has 6 nitrogen and oxygen atoms in total. The Balaban J connectivity index is 3.35. The summed E-state index contributed by atoms with van der Waals surface area (Å²) in [6, 6.07) is -0.625. The van der Waals surface area contributed by atoms with Crippen LogP contribution in [-0.4, -0.2) is 47.4 Å². The van der Waals surface area contributed by atoms with Gasteiger partial charge in [0, 0.05) is 12.8 Å². The van der Waals surface area contributed by atoms with E-state index in [-0.39, 0.29) is 18.5 Å². The number of esters is 1. The van der Waals surface area contributed by atoms with E-state index in [9.17, 15) is 19.8 Å². The molecule has 468 valence electrons. The lowest BCUT2D eigenvalue weighted by molar-refractivity contribution is -0.143. The maximum Gasteiger partial charge on any atom is 0.305 e. The number of hydrogen-bond donors (Lipinski definition) is 3. The number of carbonyl (C=O) groups is 2. The van der Waals surface area contributed by atoms with Gasteiger partial charge in [0.25, 0.3) is 0 Å². The quantitative estimate of drug-likeness (QED) is 0.0320. The largest absolute Gasteiger partial charge is 0.466 e. The molecular weight excluding hydrogens is 983 g/mol. The van der Waals surface area contributed by atoms with Crippen LogP contribution in [0.3, 0.4) is 0 Å². The molecule has 0 aromatic carbocycles. The van der Waals surface area contributed by atoms with Crippen molar-refractivity contribution in [3.63, 3.8) is 0 Å². The van der Waals surface area contributed by atoms with Gasteiger partial charge in [0.15, 0.2) is 0 Å². The van der Waals surface area contributed by atoms with Crippen LogP contribution in [0.5, 0.6) is 0 Å². The van der Waals surface area contributed by atoms with Gasteiger partial charge in [0.05, 0.1) is 25.4 Å². The lowest BCUT2D eigenvalue weighted by atomic mass is 10.0. The summed E-state index contributed by atoms with van der Waals surface area (Å²) in [5, 5.41) is 23.1. The normalized spacial score (nSPS) is 12.9. The molecule has 0 heterocycles. The predicted octanol–water partition coefficient (Wildman–Crippen LogP) is 23.0. The smallest absolute Gasteiger partial charge is 0.305 e. The third-order valence-electron chi connectivity index (χ3n) is 16.2. The number of aliphatic hydroxyl groups is 2. The monoisotopic (exact) mass is 1120 g/mol. The summed E-state index contributed by atoms with van der Waals surface area (Å²) >= 11 is 0. The van der Waals surface area contributed by atoms with Gasteiger partial charge in [-0.2, -0.15) is 0 Å². The maximum absolute atomic E-state index is 12.4. The molecule has 3 N–H and O–H groups in total. The van der Waals surface area contributed by atoms with Crippen LogP contribution in [0, 0.1) is 0 Å². The van der Waals surface area contributed by atoms with Crippen molar-refractivity contribution in [2.45, 2.75) is 386 Å². The molecule has 0 aliphatic heterocycles. The molecule has 2 unspecified atom stereocenters. The van der Waals surface area contributed by atoms with E-state index in [2.05, 4.69) is 67.8 Å². The molecule has 0 bridgehead atoms. The Hall–Kier alpha value is -2.44. The molecule has 0 saturated heterocycles. The number of nitrogens with one attached hydrogen (secondary N) is 1. The van der Waals surface area contributed by atoms with Crippen LogP contribution < -0.4 is 5.32 Å². The highest BCUT2D eigenvalue weighted by Crippen LogP contribution is 2.18. The number of allylic oxidation sites excluding steroid dienone is 9. The van der Waals surface area contributed by atoms with Gasteiger partial charge in [-0.1, -0.05) is 331 Å². The number of rotatable bonds is 66. The van der Waals surface area contributed by atoms with E-state index < -0.39 is 12.1 Å². The van der Waals surface area contributed by atoms with Gasteiger partial charge in [-0.3, -0.25) is 9.59 Å². The van der Waals surface area contributed by atoms with Crippen molar-refractivity contribution in [2.24, 2.45) is 0 Å². The molecule has 0 saturated carbocycles. The third-order valence-corrected chi connectivity index (χ3v) is 16.2. The highest BCUT2D eigenvalue weighted by atomic mass is 16.5. The molecule has 0 aliphatic carbocycles. The van der Waals surface area contributed by atoms with Crippen LogP contribution in [0.1, 0.15) is 373 Å². The van der Waals surface area contributed by atoms with Gasteiger partial charge in [0.1, 0.15) is 0 Å². The van der Waals surface area contributed by atoms with Crippen molar-refractivity contribution in [1.82, 2.24) is 5.32 Å². The van der Waals surface area contributed by atoms with E-state index in [0.717, 1.165) is 57.8 Å². The van der Waals surface area contributed by atoms with Crippen molar-refractivity contribution < 1.29 is 24.5 Å². The molecule has 0 aromatic rings. The summed E-state index contributed by atoms with van der Waals surface area (Å²) in [4.78, 5) is 24.5. The van der Waals surface area contributed by atoms with Crippen molar-refractivity contribution >= 4 is 11.9 Å². The first-order valence-electron chi connectivity index (χ1n) is 35.6. The molecule has 80 heavy (non-hydrogen) atoms. The van der Waals surface area contributed by atoms with E-state index in [1.165, 1.54) is 289 Å². The summed E-state index contributed by atoms with van der Waals surface area (Å²) in [5.41, 5.74) is 0. The second kappa shape index (κ2) is 69.1. The summed E-state index contributed by atoms with van der Waals surface area (Å²) in [6.45, 7) is 4.84. The zero-order chi connectivity index (χ0) is 57.8. The van der Waals surface area contributed by atoms with Crippen LogP contribution in [0.4, 0.5) is 0 Å². The maximum atomic E-state index is 12.4. The van der Waals surface area contributed by atoms with Crippen LogP contribution in [0.2, 0.25) is 0 Å². The zero-order valence-electron chi connectivity index (χ0n) is 53.6. The Labute approximate surface area is 499 Å². The van der Waals surface area contributed by atoms with Gasteiger partial charge in [0.2, 0.25) is 5.91 Å². The zero-order valence-corrected chi connectivity index (χ0v) is 53.6. The first kappa shape index (κ1) is 77.6. The molecule has 0 radical (unpaired) electrons. The van der Waals surface area contributed by atoms with Gasteiger partial charge in [-0.25, -0.2) is 0 Å². The van der Waals surface area contributed by atoms with Crippen molar-refractivity contribution in [1.29, 1.82) is 0 Å². The molecule has 0 aliphatic rings. The molecule has 0 spiro atoms. The Kier molecular flexibility index (Phi) is 66.9. The molecule has 2 atom stereocenters. The van der Waals surface area contributed by atoms with E-state index >= 15 is 0 Å². The highest BCUT2D eigenvalue weighted by Gasteiger charge is 2.18. The topological polar surface area (TPSA) is 95.9 Å². The van der Waals surface area contributed by atoms with Crippen LogP contribution >= 0.6 is 0 Å². The fourth-order valence-corrected chi connectivity index (χ4v) is 10.8.